The van der Waals surface area contributed by atoms with E-state index in [0.29, 0.717) is 17.3 Å². The molecule has 1 aliphatic rings. The summed E-state index contributed by atoms with van der Waals surface area (Å²) in [6.07, 6.45) is 3.43. The highest BCUT2D eigenvalue weighted by atomic mass is 35.5. The van der Waals surface area contributed by atoms with Crippen molar-refractivity contribution in [1.82, 2.24) is 19.8 Å². The van der Waals surface area contributed by atoms with Crippen LogP contribution in [-0.4, -0.2) is 40.0 Å². The van der Waals surface area contributed by atoms with Gasteiger partial charge in [0.25, 0.3) is 0 Å². The minimum Gasteiger partial charge on any atom is -0.383 e. The summed E-state index contributed by atoms with van der Waals surface area (Å²) in [5.41, 5.74) is 6.39. The van der Waals surface area contributed by atoms with Crippen molar-refractivity contribution in [3.05, 3.63) is 51.5 Å². The highest BCUT2D eigenvalue weighted by molar-refractivity contribution is 6.30. The topological polar surface area (TPSA) is 93.2 Å². The normalized spacial score (nSPS) is 17.6. The minimum atomic E-state index is -0.495. The molecule has 1 aromatic carbocycles. The molecule has 0 radical (unpaired) electrons. The summed E-state index contributed by atoms with van der Waals surface area (Å²) in [7, 11) is 1.95. The van der Waals surface area contributed by atoms with Crippen LogP contribution in [-0.2, 0) is 11.3 Å². The van der Waals surface area contributed by atoms with Gasteiger partial charge in [-0.1, -0.05) is 17.7 Å². The van der Waals surface area contributed by atoms with Crippen molar-refractivity contribution in [2.75, 3.05) is 19.3 Å². The third kappa shape index (κ3) is 3.83. The van der Waals surface area contributed by atoms with Crippen LogP contribution >= 0.6 is 11.6 Å². The fraction of sp³-hybridized carbons (Fsp3) is 0.353. The summed E-state index contributed by atoms with van der Waals surface area (Å²) in [5, 5.41) is 3.44. The summed E-state index contributed by atoms with van der Waals surface area (Å²) >= 11 is 6.08. The molecule has 1 amide bonds. The first kappa shape index (κ1) is 17.4. The summed E-state index contributed by atoms with van der Waals surface area (Å²) in [4.78, 5) is 30.3. The first-order valence-corrected chi connectivity index (χ1v) is 8.45. The molecule has 8 heteroatoms. The number of benzene rings is 1. The Morgan fingerprint density at radius 3 is 2.92 bits per heavy atom. The zero-order chi connectivity index (χ0) is 18.0. The lowest BCUT2D eigenvalue weighted by atomic mass is 10.1. The van der Waals surface area contributed by atoms with Gasteiger partial charge in [-0.3, -0.25) is 14.3 Å². The number of nitrogen functional groups attached to an aromatic ring is 1. The molecule has 2 aromatic rings. The van der Waals surface area contributed by atoms with E-state index >= 15 is 0 Å². The van der Waals surface area contributed by atoms with Gasteiger partial charge in [-0.15, -0.1) is 0 Å². The average molecular weight is 362 g/mol. The molecular weight excluding hydrogens is 342 g/mol. The molecule has 7 nitrogen and oxygen atoms in total. The summed E-state index contributed by atoms with van der Waals surface area (Å²) < 4.78 is 1.37. The van der Waals surface area contributed by atoms with Gasteiger partial charge in [0.1, 0.15) is 5.82 Å². The van der Waals surface area contributed by atoms with Crippen molar-refractivity contribution < 1.29 is 4.79 Å². The van der Waals surface area contributed by atoms with E-state index in [1.54, 1.807) is 24.4 Å². The number of hydrogen-bond acceptors (Lipinski definition) is 5. The number of nitrogens with two attached hydrogens (primary N) is 1. The number of halogens is 1. The van der Waals surface area contributed by atoms with Crippen LogP contribution in [0.2, 0.25) is 5.02 Å². The number of nitrogens with zero attached hydrogens (tertiary/aromatic N) is 3. The van der Waals surface area contributed by atoms with Gasteiger partial charge in [-0.25, -0.2) is 4.79 Å². The number of nitrogens with one attached hydrogen (secondary N) is 1. The molecule has 0 spiro atoms. The minimum absolute atomic E-state index is 0.0105. The van der Waals surface area contributed by atoms with Crippen molar-refractivity contribution in [3.63, 3.8) is 0 Å². The van der Waals surface area contributed by atoms with E-state index in [1.807, 2.05) is 11.9 Å². The number of hydrogen-bond donors (Lipinski definition) is 2. The summed E-state index contributed by atoms with van der Waals surface area (Å²) in [6, 6.07) is 6.63. The van der Waals surface area contributed by atoms with Crippen LogP contribution in [0.4, 0.5) is 5.82 Å². The first-order chi connectivity index (χ1) is 12.0. The van der Waals surface area contributed by atoms with Gasteiger partial charge in [-0.05, 0) is 50.2 Å². The Labute approximate surface area is 150 Å². The third-order valence-electron chi connectivity index (χ3n) is 4.41. The lowest BCUT2D eigenvalue weighted by Gasteiger charge is -2.19. The zero-order valence-electron chi connectivity index (χ0n) is 13.9. The van der Waals surface area contributed by atoms with E-state index < -0.39 is 5.69 Å². The van der Waals surface area contributed by atoms with Gasteiger partial charge in [0.15, 0.2) is 0 Å². The predicted octanol–water partition coefficient (Wildman–Crippen LogP) is 1.18. The van der Waals surface area contributed by atoms with Gasteiger partial charge >= 0.3 is 5.69 Å². The van der Waals surface area contributed by atoms with Crippen molar-refractivity contribution in [1.29, 1.82) is 0 Å². The van der Waals surface area contributed by atoms with Gasteiger partial charge in [0, 0.05) is 17.8 Å². The highest BCUT2D eigenvalue weighted by Gasteiger charge is 2.27. The molecule has 25 heavy (non-hydrogen) atoms. The van der Waals surface area contributed by atoms with Crippen LogP contribution in [0.1, 0.15) is 18.4 Å². The monoisotopic (exact) mass is 361 g/mol. The maximum atomic E-state index is 12.4. The Hall–Kier alpha value is -2.38. The molecule has 1 atom stereocenters. The molecule has 1 aromatic heterocycles. The van der Waals surface area contributed by atoms with Crippen LogP contribution in [0, 0.1) is 0 Å². The standard InChI is InChI=1S/C17H20ClN5O2/c1-22-7-2-3-13(22)16(24)20-10-11-4-5-12(18)9-14(11)23-8-6-15(19)21-17(23)25/h4-6,8-9,13H,2-3,7,10H2,1H3,(H,20,24)(H2,19,21,25)/t13-/m0/s1. The molecule has 0 saturated carbocycles. The quantitative estimate of drug-likeness (QED) is 0.853. The maximum absolute atomic E-state index is 12.4. The molecule has 1 aliphatic heterocycles. The molecule has 132 valence electrons. The summed E-state index contributed by atoms with van der Waals surface area (Å²) in [5.74, 6) is 0.145. The van der Waals surface area contributed by atoms with Crippen molar-refractivity contribution in [2.45, 2.75) is 25.4 Å². The van der Waals surface area contributed by atoms with Crippen LogP contribution in [0.3, 0.4) is 0 Å². The van der Waals surface area contributed by atoms with E-state index in [9.17, 15) is 9.59 Å². The van der Waals surface area contributed by atoms with Gasteiger partial charge in [0.2, 0.25) is 5.91 Å². The fourth-order valence-corrected chi connectivity index (χ4v) is 3.22. The molecule has 0 aliphatic carbocycles. The Morgan fingerprint density at radius 1 is 1.44 bits per heavy atom. The molecule has 1 saturated heterocycles. The molecule has 3 N–H and O–H groups in total. The summed E-state index contributed by atoms with van der Waals surface area (Å²) in [6.45, 7) is 1.23. The van der Waals surface area contributed by atoms with E-state index in [0.717, 1.165) is 24.9 Å². The number of likely N-dealkylation sites (N-methyl/N-ethyl adjacent to an activating group) is 1. The van der Waals surface area contributed by atoms with Gasteiger partial charge in [-0.2, -0.15) is 4.98 Å². The number of carbonyl (C=O) groups excluding carboxylic acids is 1. The molecular formula is C17H20ClN5O2. The predicted molar refractivity (Wildman–Crippen MR) is 96.8 cm³/mol. The second kappa shape index (κ2) is 7.25. The Kier molecular flexibility index (Phi) is 5.06. The second-order valence-electron chi connectivity index (χ2n) is 6.13. The third-order valence-corrected chi connectivity index (χ3v) is 4.64. The smallest absolute Gasteiger partial charge is 0.354 e. The molecule has 3 rings (SSSR count). The Morgan fingerprint density at radius 2 is 2.24 bits per heavy atom. The first-order valence-electron chi connectivity index (χ1n) is 8.07. The Balaban J connectivity index is 1.84. The Bertz CT molecular complexity index is 851. The van der Waals surface area contributed by atoms with E-state index in [1.165, 1.54) is 10.6 Å². The maximum Gasteiger partial charge on any atom is 0.354 e. The number of carbonyl (C=O) groups is 1. The second-order valence-corrected chi connectivity index (χ2v) is 6.57. The molecule has 0 bridgehead atoms. The van der Waals surface area contributed by atoms with Crippen molar-refractivity contribution >= 4 is 23.3 Å². The number of rotatable bonds is 4. The number of anilines is 1. The zero-order valence-corrected chi connectivity index (χ0v) is 14.7. The molecule has 1 fully saturated rings. The van der Waals surface area contributed by atoms with Crippen LogP contribution in [0.25, 0.3) is 5.69 Å². The largest absolute Gasteiger partial charge is 0.383 e. The van der Waals surface area contributed by atoms with Crippen molar-refractivity contribution in [3.8, 4) is 5.69 Å². The lowest BCUT2D eigenvalue weighted by molar-refractivity contribution is -0.125. The number of likely N-dealkylation sites (tertiary alicyclic amines) is 1. The van der Waals surface area contributed by atoms with Crippen molar-refractivity contribution in [2.24, 2.45) is 0 Å². The van der Waals surface area contributed by atoms with E-state index in [2.05, 4.69) is 10.3 Å². The highest BCUT2D eigenvalue weighted by Crippen LogP contribution is 2.20. The molecule has 2 heterocycles. The van der Waals surface area contributed by atoms with Gasteiger partial charge in [0.05, 0.1) is 11.7 Å². The lowest BCUT2D eigenvalue weighted by Crippen LogP contribution is -2.41. The number of amides is 1. The SMILES string of the molecule is CN1CCC[C@H]1C(=O)NCc1ccc(Cl)cc1-n1ccc(N)nc1=O. The average Bonchev–Trinajstić information content (AvgIpc) is 2.99. The van der Waals surface area contributed by atoms with E-state index in [-0.39, 0.29) is 17.8 Å². The van der Waals surface area contributed by atoms with Crippen LogP contribution in [0.15, 0.2) is 35.3 Å². The van der Waals surface area contributed by atoms with Crippen LogP contribution in [0.5, 0.6) is 0 Å². The van der Waals surface area contributed by atoms with E-state index in [4.69, 9.17) is 17.3 Å². The molecule has 0 unspecified atom stereocenters. The number of aromatic nitrogens is 2. The van der Waals surface area contributed by atoms with Gasteiger partial charge < -0.3 is 11.1 Å². The van der Waals surface area contributed by atoms with Crippen LogP contribution < -0.4 is 16.7 Å². The fourth-order valence-electron chi connectivity index (χ4n) is 3.05.